The quantitative estimate of drug-likeness (QED) is 0.250. The summed E-state index contributed by atoms with van der Waals surface area (Å²) in [7, 11) is 1.86. The van der Waals surface area contributed by atoms with Gasteiger partial charge in [0.1, 0.15) is 11.3 Å². The fraction of sp³-hybridized carbons (Fsp3) is 0.107. The first kappa shape index (κ1) is 23.2. The number of aromatic nitrogens is 3. The number of aryl methyl sites for hydroxylation is 1. The second-order valence-corrected chi connectivity index (χ2v) is 10.4. The molecule has 4 aromatic heterocycles. The standard InChI is InChI=1S/C28H23N5O2S2/c1-18-13-14-36-25(18)16-29-32-22(24-15-20-9-7-8-12-23(20)35-24)17-37-28(32)30-26-19(2)31(3)33(27(26)34)21-10-5-4-6-11-21/h4-17H,1-3H3. The third-order valence-corrected chi connectivity index (χ3v) is 8.06. The van der Waals surface area contributed by atoms with E-state index in [1.807, 2.05) is 96.3 Å². The van der Waals surface area contributed by atoms with Gasteiger partial charge in [0.15, 0.2) is 11.4 Å². The van der Waals surface area contributed by atoms with Crippen molar-refractivity contribution in [1.29, 1.82) is 0 Å². The van der Waals surface area contributed by atoms with E-state index < -0.39 is 0 Å². The maximum atomic E-state index is 13.5. The minimum atomic E-state index is -0.186. The lowest BCUT2D eigenvalue weighted by Gasteiger charge is -2.07. The maximum Gasteiger partial charge on any atom is 0.297 e. The van der Waals surface area contributed by atoms with Crippen molar-refractivity contribution in [2.75, 3.05) is 0 Å². The van der Waals surface area contributed by atoms with Gasteiger partial charge < -0.3 is 4.42 Å². The molecule has 0 aliphatic heterocycles. The fourth-order valence-electron chi connectivity index (χ4n) is 4.17. The first-order chi connectivity index (χ1) is 18.0. The van der Waals surface area contributed by atoms with Crippen LogP contribution in [-0.4, -0.2) is 20.3 Å². The van der Waals surface area contributed by atoms with Crippen molar-refractivity contribution in [2.45, 2.75) is 13.8 Å². The molecule has 0 amide bonds. The Morgan fingerprint density at radius 1 is 0.973 bits per heavy atom. The van der Waals surface area contributed by atoms with Crippen molar-refractivity contribution in [1.82, 2.24) is 14.0 Å². The van der Waals surface area contributed by atoms with Gasteiger partial charge in [0, 0.05) is 17.8 Å². The number of fused-ring (bicyclic) bond motifs is 1. The summed E-state index contributed by atoms with van der Waals surface area (Å²) in [4.78, 5) is 20.0. The van der Waals surface area contributed by atoms with Crippen LogP contribution in [0.25, 0.3) is 28.1 Å². The number of hydrogen-bond acceptors (Lipinski definition) is 6. The molecule has 0 radical (unpaired) electrons. The van der Waals surface area contributed by atoms with Gasteiger partial charge >= 0.3 is 0 Å². The number of rotatable bonds is 5. The van der Waals surface area contributed by atoms with E-state index >= 15 is 0 Å². The molecular formula is C28H23N5O2S2. The first-order valence-electron chi connectivity index (χ1n) is 11.7. The van der Waals surface area contributed by atoms with E-state index in [-0.39, 0.29) is 5.56 Å². The monoisotopic (exact) mass is 525 g/mol. The molecule has 184 valence electrons. The molecule has 6 rings (SSSR count). The van der Waals surface area contributed by atoms with Gasteiger partial charge in [0.2, 0.25) is 4.80 Å². The van der Waals surface area contributed by atoms with Crippen LogP contribution in [0.3, 0.4) is 0 Å². The third-order valence-electron chi connectivity index (χ3n) is 6.29. The van der Waals surface area contributed by atoms with Gasteiger partial charge in [0.25, 0.3) is 5.56 Å². The minimum absolute atomic E-state index is 0.186. The van der Waals surface area contributed by atoms with Gasteiger partial charge in [-0.15, -0.1) is 22.7 Å². The molecule has 37 heavy (non-hydrogen) atoms. The molecular weight excluding hydrogens is 502 g/mol. The van der Waals surface area contributed by atoms with Crippen molar-refractivity contribution in [3.8, 4) is 17.1 Å². The molecule has 0 aliphatic rings. The Bertz CT molecular complexity index is 1860. The lowest BCUT2D eigenvalue weighted by Crippen LogP contribution is -2.19. The zero-order chi connectivity index (χ0) is 25.5. The fourth-order valence-corrected chi connectivity index (χ4v) is 5.78. The number of thiophene rings is 1. The van der Waals surface area contributed by atoms with Crippen LogP contribution < -0.4 is 10.4 Å². The maximum absolute atomic E-state index is 13.5. The number of hydrogen-bond donors (Lipinski definition) is 0. The first-order valence-corrected chi connectivity index (χ1v) is 13.4. The van der Waals surface area contributed by atoms with Gasteiger partial charge in [-0.1, -0.05) is 36.4 Å². The van der Waals surface area contributed by atoms with E-state index in [2.05, 4.69) is 13.0 Å². The predicted molar refractivity (Wildman–Crippen MR) is 151 cm³/mol. The molecule has 0 aliphatic carbocycles. The van der Waals surface area contributed by atoms with Crippen molar-refractivity contribution < 1.29 is 4.42 Å². The average Bonchev–Trinajstić information content (AvgIpc) is 3.67. The Labute approximate surface area is 220 Å². The third kappa shape index (κ3) is 4.12. The largest absolute Gasteiger partial charge is 0.454 e. The molecule has 6 aromatic rings. The van der Waals surface area contributed by atoms with Gasteiger partial charge in [-0.05, 0) is 55.1 Å². The zero-order valence-corrected chi connectivity index (χ0v) is 22.1. The van der Waals surface area contributed by atoms with Crippen molar-refractivity contribution in [2.24, 2.45) is 17.1 Å². The number of benzene rings is 2. The lowest BCUT2D eigenvalue weighted by molar-refractivity contribution is 0.622. The molecule has 0 bridgehead atoms. The van der Waals surface area contributed by atoms with E-state index in [1.165, 1.54) is 11.3 Å². The highest BCUT2D eigenvalue weighted by molar-refractivity contribution is 7.11. The summed E-state index contributed by atoms with van der Waals surface area (Å²) in [5.41, 5.74) is 4.46. The van der Waals surface area contributed by atoms with E-state index in [1.54, 1.807) is 20.7 Å². The van der Waals surface area contributed by atoms with Crippen LogP contribution in [0.2, 0.25) is 0 Å². The Hall–Kier alpha value is -4.21. The molecule has 0 N–H and O–H groups in total. The smallest absolute Gasteiger partial charge is 0.297 e. The lowest BCUT2D eigenvalue weighted by atomic mass is 10.2. The zero-order valence-electron chi connectivity index (χ0n) is 20.5. The van der Waals surface area contributed by atoms with Crippen LogP contribution in [-0.2, 0) is 7.05 Å². The highest BCUT2D eigenvalue weighted by Gasteiger charge is 2.18. The molecule has 7 nitrogen and oxygen atoms in total. The molecule has 9 heteroatoms. The Balaban J connectivity index is 1.55. The van der Waals surface area contributed by atoms with E-state index in [9.17, 15) is 4.79 Å². The van der Waals surface area contributed by atoms with Gasteiger partial charge in [-0.2, -0.15) is 5.10 Å². The molecule has 0 spiro atoms. The number of para-hydroxylation sites is 2. The highest BCUT2D eigenvalue weighted by atomic mass is 32.1. The van der Waals surface area contributed by atoms with Crippen molar-refractivity contribution in [3.05, 3.63) is 109 Å². The normalized spacial score (nSPS) is 12.4. The van der Waals surface area contributed by atoms with Crippen molar-refractivity contribution in [3.63, 3.8) is 0 Å². The van der Waals surface area contributed by atoms with Crippen LogP contribution >= 0.6 is 22.7 Å². The van der Waals surface area contributed by atoms with Gasteiger partial charge in [0.05, 0.1) is 22.5 Å². The van der Waals surface area contributed by atoms with E-state index in [0.29, 0.717) is 16.2 Å². The average molecular weight is 526 g/mol. The van der Waals surface area contributed by atoms with Crippen LogP contribution in [0.4, 0.5) is 5.69 Å². The summed E-state index contributed by atoms with van der Waals surface area (Å²) in [6, 6.07) is 21.5. The predicted octanol–water partition coefficient (Wildman–Crippen LogP) is 6.25. The number of nitrogens with zero attached hydrogens (tertiary/aromatic N) is 5. The molecule has 0 unspecified atom stereocenters. The van der Waals surface area contributed by atoms with E-state index in [4.69, 9.17) is 14.5 Å². The molecule has 2 aromatic carbocycles. The van der Waals surface area contributed by atoms with Crippen molar-refractivity contribution >= 4 is 45.5 Å². The summed E-state index contributed by atoms with van der Waals surface area (Å²) in [6.45, 7) is 3.96. The number of furan rings is 1. The van der Waals surface area contributed by atoms with Gasteiger partial charge in [-0.3, -0.25) is 9.48 Å². The second kappa shape index (κ2) is 9.34. The topological polar surface area (TPSA) is 69.7 Å². The Morgan fingerprint density at radius 3 is 2.51 bits per heavy atom. The summed E-state index contributed by atoms with van der Waals surface area (Å²) < 4.78 is 11.4. The Morgan fingerprint density at radius 2 is 1.76 bits per heavy atom. The Kier molecular flexibility index (Phi) is 5.86. The van der Waals surface area contributed by atoms with Crippen LogP contribution in [0.15, 0.2) is 96.8 Å². The van der Waals surface area contributed by atoms with Gasteiger partial charge in [-0.25, -0.2) is 14.4 Å². The molecule has 0 atom stereocenters. The summed E-state index contributed by atoms with van der Waals surface area (Å²) in [5, 5.41) is 9.82. The molecule has 4 heterocycles. The van der Waals surface area contributed by atoms with E-state index in [0.717, 1.165) is 38.5 Å². The van der Waals surface area contributed by atoms with Crippen LogP contribution in [0, 0.1) is 13.8 Å². The molecule has 0 fully saturated rings. The molecule has 0 saturated heterocycles. The summed E-state index contributed by atoms with van der Waals surface area (Å²) in [6.07, 6.45) is 1.83. The minimum Gasteiger partial charge on any atom is -0.454 e. The summed E-state index contributed by atoms with van der Waals surface area (Å²) >= 11 is 3.04. The summed E-state index contributed by atoms with van der Waals surface area (Å²) in [5.74, 6) is 0.686. The number of thiazole rings is 1. The van der Waals surface area contributed by atoms with Crippen LogP contribution in [0.1, 0.15) is 16.1 Å². The SMILES string of the molecule is Cc1ccsc1C=Nn1c(-c2cc3ccccc3o2)csc1=Nc1c(C)n(C)n(-c2ccccc2)c1=O. The highest BCUT2D eigenvalue weighted by Crippen LogP contribution is 2.28. The second-order valence-electron chi connectivity index (χ2n) is 8.60. The van der Waals surface area contributed by atoms with Crippen LogP contribution in [0.5, 0.6) is 0 Å². The molecule has 0 saturated carbocycles.